The number of rotatable bonds is 4. The van der Waals surface area contributed by atoms with Gasteiger partial charge in [-0.1, -0.05) is 18.5 Å². The summed E-state index contributed by atoms with van der Waals surface area (Å²) in [7, 11) is 0. The van der Waals surface area contributed by atoms with Gasteiger partial charge in [-0.15, -0.1) is 11.8 Å². The minimum atomic E-state index is 0.476. The maximum Gasteiger partial charge on any atom is 0.0410 e. The second-order valence-corrected chi connectivity index (χ2v) is 7.92. The molecular weight excluding hydrogens is 300 g/mol. The van der Waals surface area contributed by atoms with Crippen molar-refractivity contribution in [2.24, 2.45) is 5.92 Å². The molecule has 2 heterocycles. The van der Waals surface area contributed by atoms with Crippen LogP contribution in [0.3, 0.4) is 0 Å². The summed E-state index contributed by atoms with van der Waals surface area (Å²) >= 11 is 8.12. The van der Waals surface area contributed by atoms with E-state index in [9.17, 15) is 0 Å². The molecular formula is C17H25ClN2S. The van der Waals surface area contributed by atoms with Crippen molar-refractivity contribution >= 4 is 23.4 Å². The standard InChI is InChI=1S/C17H25ClN2S/c1-13-4-8-20(9-5-13)10-7-19-16-6-11-21-17-3-2-14(18)12-15(16)17/h2-3,12-13,16,19H,4-11H2,1H3. The summed E-state index contributed by atoms with van der Waals surface area (Å²) in [6, 6.07) is 6.79. The average molecular weight is 325 g/mol. The van der Waals surface area contributed by atoms with Crippen molar-refractivity contribution < 1.29 is 0 Å². The quantitative estimate of drug-likeness (QED) is 0.893. The van der Waals surface area contributed by atoms with E-state index in [1.165, 1.54) is 55.1 Å². The minimum Gasteiger partial charge on any atom is -0.309 e. The third-order valence-electron chi connectivity index (χ3n) is 4.71. The summed E-state index contributed by atoms with van der Waals surface area (Å²) in [5.41, 5.74) is 1.39. The molecule has 1 saturated heterocycles. The lowest BCUT2D eigenvalue weighted by molar-refractivity contribution is 0.191. The molecule has 0 saturated carbocycles. The molecule has 0 aliphatic carbocycles. The second kappa shape index (κ2) is 7.36. The summed E-state index contributed by atoms with van der Waals surface area (Å²) in [5, 5.41) is 4.60. The Bertz CT molecular complexity index is 472. The van der Waals surface area contributed by atoms with Crippen molar-refractivity contribution in [3.8, 4) is 0 Å². The number of piperidine rings is 1. The van der Waals surface area contributed by atoms with E-state index in [0.29, 0.717) is 6.04 Å². The molecule has 4 heteroatoms. The summed E-state index contributed by atoms with van der Waals surface area (Å²) < 4.78 is 0. The molecule has 2 nitrogen and oxygen atoms in total. The van der Waals surface area contributed by atoms with Gasteiger partial charge < -0.3 is 10.2 Å². The van der Waals surface area contributed by atoms with Crippen molar-refractivity contribution in [2.75, 3.05) is 31.9 Å². The Morgan fingerprint density at radius 2 is 2.10 bits per heavy atom. The average Bonchev–Trinajstić information content (AvgIpc) is 2.50. The fraction of sp³-hybridized carbons (Fsp3) is 0.647. The molecule has 1 unspecified atom stereocenters. The Morgan fingerprint density at radius 3 is 2.90 bits per heavy atom. The highest BCUT2D eigenvalue weighted by molar-refractivity contribution is 7.99. The topological polar surface area (TPSA) is 15.3 Å². The normalized spacial score (nSPS) is 24.0. The summed E-state index contributed by atoms with van der Waals surface area (Å²) in [5.74, 6) is 2.12. The number of benzene rings is 1. The maximum absolute atomic E-state index is 6.17. The van der Waals surface area contributed by atoms with Crippen LogP contribution in [0.2, 0.25) is 5.02 Å². The predicted octanol–water partition coefficient (Wildman–Crippen LogP) is 4.20. The molecule has 2 aliphatic heterocycles. The van der Waals surface area contributed by atoms with Crippen LogP contribution < -0.4 is 5.32 Å². The van der Waals surface area contributed by atoms with Crippen molar-refractivity contribution in [3.63, 3.8) is 0 Å². The molecule has 3 rings (SSSR count). The van der Waals surface area contributed by atoms with Gasteiger partial charge in [0.1, 0.15) is 0 Å². The van der Waals surface area contributed by atoms with Crippen LogP contribution >= 0.6 is 23.4 Å². The molecule has 0 spiro atoms. The highest BCUT2D eigenvalue weighted by Crippen LogP contribution is 2.37. The number of halogens is 1. The number of hydrogen-bond donors (Lipinski definition) is 1. The van der Waals surface area contributed by atoms with Crippen LogP contribution in [0, 0.1) is 5.92 Å². The Balaban J connectivity index is 1.51. The molecule has 116 valence electrons. The van der Waals surface area contributed by atoms with Crippen LogP contribution in [0.4, 0.5) is 0 Å². The number of thioether (sulfide) groups is 1. The fourth-order valence-corrected chi connectivity index (χ4v) is 4.55. The van der Waals surface area contributed by atoms with Gasteiger partial charge in [-0.3, -0.25) is 0 Å². The van der Waals surface area contributed by atoms with Crippen molar-refractivity contribution in [2.45, 2.75) is 37.1 Å². The highest BCUT2D eigenvalue weighted by Gasteiger charge is 2.21. The van der Waals surface area contributed by atoms with Gasteiger partial charge in [-0.2, -0.15) is 0 Å². The largest absolute Gasteiger partial charge is 0.309 e. The van der Waals surface area contributed by atoms with Crippen LogP contribution in [-0.4, -0.2) is 36.8 Å². The molecule has 1 N–H and O–H groups in total. The molecule has 2 aliphatic rings. The number of nitrogens with one attached hydrogen (secondary N) is 1. The van der Waals surface area contributed by atoms with Crippen molar-refractivity contribution in [1.82, 2.24) is 10.2 Å². The van der Waals surface area contributed by atoms with Gasteiger partial charge in [0.05, 0.1) is 0 Å². The van der Waals surface area contributed by atoms with Gasteiger partial charge in [0.2, 0.25) is 0 Å². The fourth-order valence-electron chi connectivity index (χ4n) is 3.26. The van der Waals surface area contributed by atoms with Crippen LogP contribution in [0.1, 0.15) is 37.8 Å². The van der Waals surface area contributed by atoms with E-state index in [1.807, 2.05) is 17.8 Å². The second-order valence-electron chi connectivity index (χ2n) is 6.35. The first-order chi connectivity index (χ1) is 10.2. The maximum atomic E-state index is 6.17. The van der Waals surface area contributed by atoms with E-state index >= 15 is 0 Å². The number of hydrogen-bond acceptors (Lipinski definition) is 3. The molecule has 0 bridgehead atoms. The molecule has 0 radical (unpaired) electrons. The van der Waals surface area contributed by atoms with Crippen molar-refractivity contribution in [1.29, 1.82) is 0 Å². The zero-order chi connectivity index (χ0) is 14.7. The number of fused-ring (bicyclic) bond motifs is 1. The van der Waals surface area contributed by atoms with Crippen molar-refractivity contribution in [3.05, 3.63) is 28.8 Å². The summed E-state index contributed by atoms with van der Waals surface area (Å²) in [4.78, 5) is 4.00. The van der Waals surface area contributed by atoms with E-state index in [-0.39, 0.29) is 0 Å². The molecule has 1 aromatic rings. The van der Waals surface area contributed by atoms with Crippen LogP contribution in [0.25, 0.3) is 0 Å². The zero-order valence-electron chi connectivity index (χ0n) is 12.8. The molecule has 1 atom stereocenters. The van der Waals surface area contributed by atoms with Crippen LogP contribution in [-0.2, 0) is 0 Å². The number of nitrogens with zero attached hydrogens (tertiary/aromatic N) is 1. The smallest absolute Gasteiger partial charge is 0.0410 e. The van der Waals surface area contributed by atoms with E-state index < -0.39 is 0 Å². The minimum absolute atomic E-state index is 0.476. The molecule has 0 amide bonds. The Hall–Kier alpha value is -0.220. The van der Waals surface area contributed by atoms with E-state index in [2.05, 4.69) is 29.3 Å². The monoisotopic (exact) mass is 324 g/mol. The van der Waals surface area contributed by atoms with Crippen LogP contribution in [0.15, 0.2) is 23.1 Å². The first kappa shape index (κ1) is 15.7. The SMILES string of the molecule is CC1CCN(CCNC2CCSc3ccc(Cl)cc32)CC1. The van der Waals surface area contributed by atoms with Gasteiger partial charge in [0.15, 0.2) is 0 Å². The number of likely N-dealkylation sites (tertiary alicyclic amines) is 1. The Labute approximate surface area is 137 Å². The first-order valence-electron chi connectivity index (χ1n) is 8.10. The van der Waals surface area contributed by atoms with Gasteiger partial charge in [-0.05, 0) is 67.8 Å². The Kier molecular flexibility index (Phi) is 5.49. The molecule has 0 aromatic heterocycles. The van der Waals surface area contributed by atoms with Gasteiger partial charge in [-0.25, -0.2) is 0 Å². The van der Waals surface area contributed by atoms with Gasteiger partial charge in [0.25, 0.3) is 0 Å². The summed E-state index contributed by atoms with van der Waals surface area (Å²) in [6.07, 6.45) is 3.92. The third kappa shape index (κ3) is 4.16. The van der Waals surface area contributed by atoms with E-state index in [0.717, 1.165) is 17.5 Å². The lowest BCUT2D eigenvalue weighted by Crippen LogP contribution is -2.39. The van der Waals surface area contributed by atoms with Crippen LogP contribution in [0.5, 0.6) is 0 Å². The first-order valence-corrected chi connectivity index (χ1v) is 9.47. The van der Waals surface area contributed by atoms with Gasteiger partial charge in [0, 0.05) is 29.0 Å². The van der Waals surface area contributed by atoms with E-state index in [4.69, 9.17) is 11.6 Å². The summed E-state index contributed by atoms with van der Waals surface area (Å²) in [6.45, 7) is 7.16. The Morgan fingerprint density at radius 1 is 1.29 bits per heavy atom. The lowest BCUT2D eigenvalue weighted by atomic mass is 9.99. The molecule has 1 fully saturated rings. The highest BCUT2D eigenvalue weighted by atomic mass is 35.5. The molecule has 1 aromatic carbocycles. The zero-order valence-corrected chi connectivity index (χ0v) is 14.3. The van der Waals surface area contributed by atoms with Gasteiger partial charge >= 0.3 is 0 Å². The third-order valence-corrected chi connectivity index (χ3v) is 6.06. The lowest BCUT2D eigenvalue weighted by Gasteiger charge is -2.31. The predicted molar refractivity (Wildman–Crippen MR) is 92.4 cm³/mol. The van der Waals surface area contributed by atoms with E-state index in [1.54, 1.807) is 0 Å². The molecule has 21 heavy (non-hydrogen) atoms.